The van der Waals surface area contributed by atoms with E-state index in [0.29, 0.717) is 29.6 Å². The number of carbonyl (C=O) groups is 1. The average Bonchev–Trinajstić information content (AvgIpc) is 3.19. The number of H-pyrrole nitrogens is 1. The molecular weight excluding hydrogens is 438 g/mol. The van der Waals surface area contributed by atoms with E-state index in [4.69, 9.17) is 4.74 Å². The monoisotopic (exact) mass is 471 g/mol. The molecule has 2 aromatic carbocycles. The average molecular weight is 472 g/mol. The highest BCUT2D eigenvalue weighted by Gasteiger charge is 2.20. The maximum Gasteiger partial charge on any atom is 0.251 e. The highest BCUT2D eigenvalue weighted by molar-refractivity contribution is 5.97. The summed E-state index contributed by atoms with van der Waals surface area (Å²) in [6.45, 7) is 13.3. The van der Waals surface area contributed by atoms with E-state index in [-0.39, 0.29) is 16.7 Å². The van der Waals surface area contributed by atoms with E-state index in [1.165, 1.54) is 0 Å². The smallest absolute Gasteiger partial charge is 0.251 e. The Morgan fingerprint density at radius 1 is 1.00 bits per heavy atom. The summed E-state index contributed by atoms with van der Waals surface area (Å²) < 4.78 is 6.25. The standard InChI is InChI=1S/C28H33N5O2/c1-27(2,3)17-30-24(34)18-13-14-20-22(16-18)33-26(31-20)32-21-11-9-15-29-25(21)35-23-12-8-7-10-19(23)28(4,5)6/h7-16H,17H2,1-6H3,(H,30,34)(H2,31,32,33). The van der Waals surface area contributed by atoms with Crippen molar-refractivity contribution < 1.29 is 9.53 Å². The first-order chi connectivity index (χ1) is 16.5. The number of ether oxygens (including phenoxy) is 1. The van der Waals surface area contributed by atoms with Crippen molar-refractivity contribution in [1.82, 2.24) is 20.3 Å². The van der Waals surface area contributed by atoms with Crippen LogP contribution in [0.2, 0.25) is 0 Å². The van der Waals surface area contributed by atoms with Gasteiger partial charge in [-0.1, -0.05) is 59.7 Å². The number of para-hydroxylation sites is 1. The number of imidazole rings is 1. The molecule has 0 saturated heterocycles. The second-order valence-electron chi connectivity index (χ2n) is 10.9. The minimum absolute atomic E-state index is 0.0156. The van der Waals surface area contributed by atoms with Gasteiger partial charge in [0.05, 0.1) is 11.0 Å². The zero-order valence-electron chi connectivity index (χ0n) is 21.2. The summed E-state index contributed by atoms with van der Waals surface area (Å²) in [4.78, 5) is 24.9. The highest BCUT2D eigenvalue weighted by Crippen LogP contribution is 2.36. The molecule has 182 valence electrons. The first-order valence-electron chi connectivity index (χ1n) is 11.8. The largest absolute Gasteiger partial charge is 0.437 e. The molecule has 0 bridgehead atoms. The zero-order chi connectivity index (χ0) is 25.2. The van der Waals surface area contributed by atoms with Crippen molar-refractivity contribution in [2.75, 3.05) is 11.9 Å². The molecule has 2 aromatic heterocycles. The van der Waals surface area contributed by atoms with Crippen molar-refractivity contribution in [3.05, 3.63) is 71.9 Å². The first kappa shape index (κ1) is 24.3. The van der Waals surface area contributed by atoms with Gasteiger partial charge < -0.3 is 20.4 Å². The predicted octanol–water partition coefficient (Wildman–Crippen LogP) is 6.57. The molecule has 2 heterocycles. The molecule has 1 amide bonds. The third kappa shape index (κ3) is 5.98. The number of fused-ring (bicyclic) bond motifs is 1. The minimum Gasteiger partial charge on any atom is -0.437 e. The Bertz CT molecular complexity index is 1350. The van der Waals surface area contributed by atoms with Crippen molar-refractivity contribution in [2.45, 2.75) is 47.0 Å². The maximum atomic E-state index is 12.6. The molecular formula is C28H33N5O2. The lowest BCUT2D eigenvalue weighted by molar-refractivity contribution is 0.0939. The summed E-state index contributed by atoms with van der Waals surface area (Å²) in [6.07, 6.45) is 1.70. The lowest BCUT2D eigenvalue weighted by atomic mass is 9.86. The van der Waals surface area contributed by atoms with Crippen molar-refractivity contribution in [1.29, 1.82) is 0 Å². The van der Waals surface area contributed by atoms with Crippen molar-refractivity contribution in [2.24, 2.45) is 5.41 Å². The Kier molecular flexibility index (Phi) is 6.52. The Hall–Kier alpha value is -3.87. The van der Waals surface area contributed by atoms with E-state index in [1.54, 1.807) is 12.3 Å². The molecule has 7 heteroatoms. The van der Waals surface area contributed by atoms with Crippen LogP contribution < -0.4 is 15.4 Å². The molecule has 0 radical (unpaired) electrons. The van der Waals surface area contributed by atoms with Crippen LogP contribution in [0.25, 0.3) is 11.0 Å². The molecule has 4 aromatic rings. The summed E-state index contributed by atoms with van der Waals surface area (Å²) in [5, 5.41) is 6.26. The Labute approximate surface area is 206 Å². The summed E-state index contributed by atoms with van der Waals surface area (Å²) in [6, 6.07) is 17.1. The van der Waals surface area contributed by atoms with Crippen LogP contribution in [0.15, 0.2) is 60.8 Å². The molecule has 4 rings (SSSR count). The number of nitrogens with one attached hydrogen (secondary N) is 3. The van der Waals surface area contributed by atoms with Gasteiger partial charge in [0.25, 0.3) is 5.91 Å². The van der Waals surface area contributed by atoms with Gasteiger partial charge in [-0.25, -0.2) is 9.97 Å². The third-order valence-corrected chi connectivity index (χ3v) is 5.45. The number of carbonyl (C=O) groups excluding carboxylic acids is 1. The number of rotatable bonds is 6. The fraction of sp³-hybridized carbons (Fsp3) is 0.321. The Morgan fingerprint density at radius 2 is 1.77 bits per heavy atom. The van der Waals surface area contributed by atoms with Crippen LogP contribution in [-0.4, -0.2) is 27.4 Å². The topological polar surface area (TPSA) is 91.9 Å². The lowest BCUT2D eigenvalue weighted by Gasteiger charge is -2.22. The summed E-state index contributed by atoms with van der Waals surface area (Å²) in [7, 11) is 0. The van der Waals surface area contributed by atoms with Crippen LogP contribution in [0.4, 0.5) is 11.6 Å². The van der Waals surface area contributed by atoms with Crippen LogP contribution in [0, 0.1) is 5.41 Å². The number of aromatic nitrogens is 3. The third-order valence-electron chi connectivity index (χ3n) is 5.45. The number of amides is 1. The Balaban J connectivity index is 1.56. The van der Waals surface area contributed by atoms with Crippen LogP contribution in [0.5, 0.6) is 11.6 Å². The molecule has 35 heavy (non-hydrogen) atoms. The normalized spacial score (nSPS) is 11.9. The number of pyridine rings is 1. The fourth-order valence-electron chi connectivity index (χ4n) is 3.63. The van der Waals surface area contributed by atoms with Gasteiger partial charge in [0.15, 0.2) is 0 Å². The second kappa shape index (κ2) is 9.41. The van der Waals surface area contributed by atoms with E-state index < -0.39 is 0 Å². The van der Waals surface area contributed by atoms with Crippen molar-refractivity contribution in [3.8, 4) is 11.6 Å². The van der Waals surface area contributed by atoms with E-state index in [9.17, 15) is 4.79 Å². The molecule has 0 spiro atoms. The number of benzene rings is 2. The molecule has 0 unspecified atom stereocenters. The maximum absolute atomic E-state index is 12.6. The SMILES string of the molecule is CC(C)(C)CNC(=O)c1ccc2nc(Nc3cccnc3Oc3ccccc3C(C)(C)C)[nH]c2c1. The van der Waals surface area contributed by atoms with Crippen LogP contribution in [-0.2, 0) is 5.41 Å². The number of aromatic amines is 1. The molecule has 0 fully saturated rings. The van der Waals surface area contributed by atoms with Gasteiger partial charge in [-0.3, -0.25) is 4.79 Å². The second-order valence-corrected chi connectivity index (χ2v) is 10.9. The molecule has 7 nitrogen and oxygen atoms in total. The van der Waals surface area contributed by atoms with E-state index >= 15 is 0 Å². The first-order valence-corrected chi connectivity index (χ1v) is 11.8. The lowest BCUT2D eigenvalue weighted by Crippen LogP contribution is -2.32. The molecule has 0 atom stereocenters. The highest BCUT2D eigenvalue weighted by atomic mass is 16.5. The minimum atomic E-state index is -0.105. The van der Waals surface area contributed by atoms with E-state index in [0.717, 1.165) is 22.3 Å². The van der Waals surface area contributed by atoms with Gasteiger partial charge in [-0.2, -0.15) is 0 Å². The summed E-state index contributed by atoms with van der Waals surface area (Å²) in [5.74, 6) is 1.64. The fourth-order valence-corrected chi connectivity index (χ4v) is 3.63. The Morgan fingerprint density at radius 3 is 2.51 bits per heavy atom. The molecule has 0 aliphatic carbocycles. The molecule has 0 aliphatic rings. The number of nitrogens with zero attached hydrogens (tertiary/aromatic N) is 2. The van der Waals surface area contributed by atoms with Crippen molar-refractivity contribution in [3.63, 3.8) is 0 Å². The number of hydrogen-bond acceptors (Lipinski definition) is 5. The summed E-state index contributed by atoms with van der Waals surface area (Å²) in [5.41, 5.74) is 3.82. The van der Waals surface area contributed by atoms with Gasteiger partial charge in [0.1, 0.15) is 11.4 Å². The van der Waals surface area contributed by atoms with Gasteiger partial charge >= 0.3 is 0 Å². The van der Waals surface area contributed by atoms with Crippen LogP contribution in [0.1, 0.15) is 57.5 Å². The molecule has 0 aliphatic heterocycles. The van der Waals surface area contributed by atoms with Crippen LogP contribution in [0.3, 0.4) is 0 Å². The zero-order valence-corrected chi connectivity index (χ0v) is 21.2. The number of anilines is 2. The number of hydrogen-bond donors (Lipinski definition) is 3. The quantitative estimate of drug-likeness (QED) is 0.296. The van der Waals surface area contributed by atoms with Gasteiger partial charge in [-0.15, -0.1) is 0 Å². The van der Waals surface area contributed by atoms with E-state index in [1.807, 2.05) is 42.5 Å². The molecule has 0 saturated carbocycles. The van der Waals surface area contributed by atoms with Gasteiger partial charge in [0.2, 0.25) is 11.8 Å². The van der Waals surface area contributed by atoms with E-state index in [2.05, 4.69) is 73.2 Å². The van der Waals surface area contributed by atoms with Crippen molar-refractivity contribution >= 4 is 28.6 Å². The predicted molar refractivity (Wildman–Crippen MR) is 141 cm³/mol. The van der Waals surface area contributed by atoms with Gasteiger partial charge in [0, 0.05) is 23.9 Å². The van der Waals surface area contributed by atoms with Crippen LogP contribution >= 0.6 is 0 Å². The molecule has 3 N–H and O–H groups in total. The van der Waals surface area contributed by atoms with Gasteiger partial charge in [-0.05, 0) is 47.2 Å². The summed E-state index contributed by atoms with van der Waals surface area (Å²) >= 11 is 0.